The molecule has 3 heteroatoms. The highest BCUT2D eigenvalue weighted by molar-refractivity contribution is 5.78. The number of carbonyl (C=O) groups is 1. The molecule has 1 amide bonds. The quantitative estimate of drug-likeness (QED) is 0.610. The zero-order chi connectivity index (χ0) is 8.10. The first kappa shape index (κ1) is 8.53. The third kappa shape index (κ3) is 2.89. The molecule has 1 aliphatic heterocycles. The van der Waals surface area contributed by atoms with Gasteiger partial charge in [0.05, 0.1) is 12.5 Å². The third-order valence-electron chi connectivity index (χ3n) is 1.79. The SMILES string of the molecule is CCCCOC1CNC(=O)C1. The van der Waals surface area contributed by atoms with Gasteiger partial charge in [-0.25, -0.2) is 0 Å². The lowest BCUT2D eigenvalue weighted by atomic mass is 10.3. The molecule has 0 radical (unpaired) electrons. The summed E-state index contributed by atoms with van der Waals surface area (Å²) < 4.78 is 5.43. The van der Waals surface area contributed by atoms with E-state index >= 15 is 0 Å². The maximum absolute atomic E-state index is 10.7. The minimum absolute atomic E-state index is 0.117. The highest BCUT2D eigenvalue weighted by Crippen LogP contribution is 2.04. The van der Waals surface area contributed by atoms with Crippen molar-refractivity contribution in [2.45, 2.75) is 32.3 Å². The van der Waals surface area contributed by atoms with Crippen LogP contribution >= 0.6 is 0 Å². The molecule has 64 valence electrons. The van der Waals surface area contributed by atoms with Crippen LogP contribution < -0.4 is 5.32 Å². The lowest BCUT2D eigenvalue weighted by Gasteiger charge is -2.07. The van der Waals surface area contributed by atoms with Crippen LogP contribution in [0.15, 0.2) is 0 Å². The van der Waals surface area contributed by atoms with Gasteiger partial charge in [-0.3, -0.25) is 4.79 Å². The Labute approximate surface area is 67.1 Å². The van der Waals surface area contributed by atoms with Crippen molar-refractivity contribution in [3.63, 3.8) is 0 Å². The molecule has 1 saturated heterocycles. The van der Waals surface area contributed by atoms with Gasteiger partial charge in [0, 0.05) is 13.2 Å². The van der Waals surface area contributed by atoms with Crippen LogP contribution in [0.5, 0.6) is 0 Å². The van der Waals surface area contributed by atoms with Gasteiger partial charge in [0.15, 0.2) is 0 Å². The van der Waals surface area contributed by atoms with Gasteiger partial charge in [-0.15, -0.1) is 0 Å². The summed E-state index contributed by atoms with van der Waals surface area (Å²) in [5.74, 6) is 0.117. The van der Waals surface area contributed by atoms with Crippen LogP contribution in [0.25, 0.3) is 0 Å². The Balaban J connectivity index is 2.04. The van der Waals surface area contributed by atoms with E-state index in [9.17, 15) is 4.79 Å². The first-order chi connectivity index (χ1) is 5.33. The molecule has 1 heterocycles. The van der Waals surface area contributed by atoms with Crippen molar-refractivity contribution < 1.29 is 9.53 Å². The van der Waals surface area contributed by atoms with Crippen LogP contribution in [0.3, 0.4) is 0 Å². The fraction of sp³-hybridized carbons (Fsp3) is 0.875. The van der Waals surface area contributed by atoms with Gasteiger partial charge in [-0.1, -0.05) is 13.3 Å². The number of nitrogens with one attached hydrogen (secondary N) is 1. The Kier molecular flexibility index (Phi) is 3.36. The van der Waals surface area contributed by atoms with Gasteiger partial charge in [-0.05, 0) is 6.42 Å². The molecule has 0 aromatic carbocycles. The van der Waals surface area contributed by atoms with Gasteiger partial charge in [0.1, 0.15) is 0 Å². The predicted molar refractivity (Wildman–Crippen MR) is 42.3 cm³/mol. The van der Waals surface area contributed by atoms with Crippen LogP contribution in [0.1, 0.15) is 26.2 Å². The first-order valence-electron chi connectivity index (χ1n) is 4.21. The van der Waals surface area contributed by atoms with Crippen molar-refractivity contribution in [3.05, 3.63) is 0 Å². The van der Waals surface area contributed by atoms with Crippen molar-refractivity contribution in [1.29, 1.82) is 0 Å². The van der Waals surface area contributed by atoms with E-state index in [-0.39, 0.29) is 12.0 Å². The zero-order valence-corrected chi connectivity index (χ0v) is 6.93. The predicted octanol–water partition coefficient (Wildman–Crippen LogP) is 0.692. The van der Waals surface area contributed by atoms with Crippen molar-refractivity contribution in [1.82, 2.24) is 5.32 Å². The minimum atomic E-state index is 0.117. The van der Waals surface area contributed by atoms with E-state index in [1.807, 2.05) is 0 Å². The lowest BCUT2D eigenvalue weighted by molar-refractivity contribution is -0.119. The normalized spacial score (nSPS) is 23.7. The van der Waals surface area contributed by atoms with E-state index in [1.54, 1.807) is 0 Å². The highest BCUT2D eigenvalue weighted by atomic mass is 16.5. The van der Waals surface area contributed by atoms with Gasteiger partial charge >= 0.3 is 0 Å². The summed E-state index contributed by atoms with van der Waals surface area (Å²) in [7, 11) is 0. The average molecular weight is 157 g/mol. The molecule has 11 heavy (non-hydrogen) atoms. The Morgan fingerprint density at radius 1 is 1.73 bits per heavy atom. The summed E-state index contributed by atoms with van der Waals surface area (Å²) in [5.41, 5.74) is 0. The molecule has 0 saturated carbocycles. The summed E-state index contributed by atoms with van der Waals surface area (Å²) in [4.78, 5) is 10.7. The average Bonchev–Trinajstić information content (AvgIpc) is 2.37. The molecule has 1 fully saturated rings. The van der Waals surface area contributed by atoms with Crippen LogP contribution in [0.4, 0.5) is 0 Å². The topological polar surface area (TPSA) is 38.3 Å². The molecular weight excluding hydrogens is 142 g/mol. The number of ether oxygens (including phenoxy) is 1. The van der Waals surface area contributed by atoms with E-state index in [0.29, 0.717) is 13.0 Å². The van der Waals surface area contributed by atoms with Crippen LogP contribution in [-0.2, 0) is 9.53 Å². The van der Waals surface area contributed by atoms with E-state index in [4.69, 9.17) is 4.74 Å². The van der Waals surface area contributed by atoms with Crippen molar-refractivity contribution in [2.75, 3.05) is 13.2 Å². The minimum Gasteiger partial charge on any atom is -0.376 e. The van der Waals surface area contributed by atoms with Crippen LogP contribution in [0.2, 0.25) is 0 Å². The fourth-order valence-corrected chi connectivity index (χ4v) is 1.09. The van der Waals surface area contributed by atoms with E-state index in [2.05, 4.69) is 12.2 Å². The molecule has 0 aromatic heterocycles. The molecule has 0 aliphatic carbocycles. The number of rotatable bonds is 4. The molecule has 0 spiro atoms. The summed E-state index contributed by atoms with van der Waals surface area (Å²) in [6.07, 6.45) is 2.91. The number of unbranched alkanes of at least 4 members (excludes halogenated alkanes) is 1. The second-order valence-corrected chi connectivity index (χ2v) is 2.85. The highest BCUT2D eigenvalue weighted by Gasteiger charge is 2.21. The zero-order valence-electron chi connectivity index (χ0n) is 6.93. The maximum Gasteiger partial charge on any atom is 0.222 e. The number of hydrogen-bond acceptors (Lipinski definition) is 2. The van der Waals surface area contributed by atoms with Gasteiger partial charge in [0.2, 0.25) is 5.91 Å². The fourth-order valence-electron chi connectivity index (χ4n) is 1.09. The standard InChI is InChI=1S/C8H15NO2/c1-2-3-4-11-7-5-8(10)9-6-7/h7H,2-6H2,1H3,(H,9,10). The molecule has 1 rings (SSSR count). The Hall–Kier alpha value is -0.570. The molecule has 0 aromatic rings. The second-order valence-electron chi connectivity index (χ2n) is 2.85. The molecule has 3 nitrogen and oxygen atoms in total. The Morgan fingerprint density at radius 2 is 2.55 bits per heavy atom. The Bertz CT molecular complexity index is 136. The van der Waals surface area contributed by atoms with E-state index < -0.39 is 0 Å². The largest absolute Gasteiger partial charge is 0.376 e. The number of amides is 1. The molecular formula is C8H15NO2. The molecule has 0 bridgehead atoms. The van der Waals surface area contributed by atoms with E-state index in [0.717, 1.165) is 19.4 Å². The van der Waals surface area contributed by atoms with E-state index in [1.165, 1.54) is 0 Å². The summed E-state index contributed by atoms with van der Waals surface area (Å²) in [6.45, 7) is 3.61. The number of hydrogen-bond donors (Lipinski definition) is 1. The summed E-state index contributed by atoms with van der Waals surface area (Å²) in [5, 5.41) is 2.73. The molecule has 1 atom stereocenters. The lowest BCUT2D eigenvalue weighted by Crippen LogP contribution is -2.18. The van der Waals surface area contributed by atoms with Crippen molar-refractivity contribution in [3.8, 4) is 0 Å². The van der Waals surface area contributed by atoms with Gasteiger partial charge in [0.25, 0.3) is 0 Å². The van der Waals surface area contributed by atoms with Gasteiger partial charge in [-0.2, -0.15) is 0 Å². The molecule has 1 unspecified atom stereocenters. The third-order valence-corrected chi connectivity index (χ3v) is 1.79. The van der Waals surface area contributed by atoms with Gasteiger partial charge < -0.3 is 10.1 Å². The first-order valence-corrected chi connectivity index (χ1v) is 4.21. The number of carbonyl (C=O) groups excluding carboxylic acids is 1. The Morgan fingerprint density at radius 3 is 3.09 bits per heavy atom. The van der Waals surface area contributed by atoms with Crippen LogP contribution in [-0.4, -0.2) is 25.2 Å². The summed E-state index contributed by atoms with van der Waals surface area (Å²) >= 11 is 0. The summed E-state index contributed by atoms with van der Waals surface area (Å²) in [6, 6.07) is 0. The monoisotopic (exact) mass is 157 g/mol. The molecule has 1 aliphatic rings. The smallest absolute Gasteiger partial charge is 0.222 e. The van der Waals surface area contributed by atoms with Crippen LogP contribution in [0, 0.1) is 0 Å². The van der Waals surface area contributed by atoms with Crippen molar-refractivity contribution in [2.24, 2.45) is 0 Å². The second kappa shape index (κ2) is 4.34. The molecule has 1 N–H and O–H groups in total. The maximum atomic E-state index is 10.7. The van der Waals surface area contributed by atoms with Crippen molar-refractivity contribution >= 4 is 5.91 Å².